The van der Waals surface area contributed by atoms with Gasteiger partial charge in [0.25, 0.3) is 5.88 Å². The van der Waals surface area contributed by atoms with Crippen LogP contribution in [0.25, 0.3) is 5.57 Å². The maximum atomic E-state index is 9.04. The molecule has 1 heterocycles. The van der Waals surface area contributed by atoms with E-state index in [-0.39, 0.29) is 17.0 Å². The van der Waals surface area contributed by atoms with E-state index in [1.54, 1.807) is 13.1 Å². The third-order valence-corrected chi connectivity index (χ3v) is 3.25. The van der Waals surface area contributed by atoms with Gasteiger partial charge < -0.3 is 4.42 Å². The summed E-state index contributed by atoms with van der Waals surface area (Å²) in [6.07, 6.45) is 1.66. The van der Waals surface area contributed by atoms with Crippen molar-refractivity contribution in [2.75, 3.05) is 5.43 Å². The van der Waals surface area contributed by atoms with Gasteiger partial charge in [0.05, 0.1) is 6.21 Å². The Balaban J connectivity index is 2.10. The monoisotopic (exact) mass is 308 g/mol. The fourth-order valence-corrected chi connectivity index (χ4v) is 1.89. The van der Waals surface area contributed by atoms with Crippen LogP contribution in [0.2, 0.25) is 0 Å². The molecule has 1 N–H and O–H groups in total. The highest BCUT2D eigenvalue weighted by atomic mass is 16.4. The van der Waals surface area contributed by atoms with Crippen LogP contribution >= 0.6 is 0 Å². The van der Waals surface area contributed by atoms with Crippen LogP contribution in [-0.4, -0.2) is 11.2 Å². The van der Waals surface area contributed by atoms with E-state index in [0.717, 1.165) is 5.56 Å². The Kier molecular flexibility index (Phi) is 4.65. The Morgan fingerprint density at radius 1 is 1.35 bits per heavy atom. The van der Waals surface area contributed by atoms with Crippen molar-refractivity contribution in [3.63, 3.8) is 0 Å². The van der Waals surface area contributed by atoms with Crippen LogP contribution in [0, 0.1) is 11.3 Å². The molecule has 0 amide bonds. The minimum atomic E-state index is 0.119. The van der Waals surface area contributed by atoms with Gasteiger partial charge in [-0.2, -0.15) is 15.3 Å². The Morgan fingerprint density at radius 3 is 2.52 bits per heavy atom. The number of nitrogens with zero attached hydrogens (tertiary/aromatic N) is 3. The number of aromatic nitrogens is 1. The number of benzene rings is 1. The summed E-state index contributed by atoms with van der Waals surface area (Å²) in [5, 5.41) is 13.1. The first-order chi connectivity index (χ1) is 10.8. The van der Waals surface area contributed by atoms with Gasteiger partial charge in [-0.1, -0.05) is 51.6 Å². The molecule has 0 aliphatic heterocycles. The third-order valence-electron chi connectivity index (χ3n) is 3.25. The van der Waals surface area contributed by atoms with E-state index in [2.05, 4.69) is 55.0 Å². The standard InChI is InChI=1S/C18H20N4O/c1-12(2)16-21-15(10-19)17(23-16)22-20-11-13-6-8-14(9-7-13)18(3,4)5/h6-9,11,22H,1H2,2-5H3. The van der Waals surface area contributed by atoms with Crippen LogP contribution in [0.3, 0.4) is 0 Å². The van der Waals surface area contributed by atoms with Crippen LogP contribution in [-0.2, 0) is 5.41 Å². The number of hydrazone groups is 1. The zero-order valence-corrected chi connectivity index (χ0v) is 13.8. The normalized spacial score (nSPS) is 11.4. The Labute approximate surface area is 136 Å². The molecule has 0 saturated heterocycles. The van der Waals surface area contributed by atoms with Crippen LogP contribution in [0.5, 0.6) is 0 Å². The molecule has 5 heteroatoms. The van der Waals surface area contributed by atoms with Crippen molar-refractivity contribution in [3.05, 3.63) is 53.6 Å². The Morgan fingerprint density at radius 2 is 2.00 bits per heavy atom. The Bertz CT molecular complexity index is 771. The number of hydrogen-bond acceptors (Lipinski definition) is 5. The summed E-state index contributed by atoms with van der Waals surface area (Å²) >= 11 is 0. The summed E-state index contributed by atoms with van der Waals surface area (Å²) < 4.78 is 5.41. The molecule has 0 fully saturated rings. The molecule has 0 aliphatic rings. The van der Waals surface area contributed by atoms with E-state index in [0.29, 0.717) is 11.5 Å². The topological polar surface area (TPSA) is 74.2 Å². The van der Waals surface area contributed by atoms with E-state index < -0.39 is 0 Å². The van der Waals surface area contributed by atoms with Crippen molar-refractivity contribution in [3.8, 4) is 6.07 Å². The van der Waals surface area contributed by atoms with E-state index >= 15 is 0 Å². The van der Waals surface area contributed by atoms with Crippen LogP contribution in [0.1, 0.15) is 50.4 Å². The largest absolute Gasteiger partial charge is 0.418 e. The lowest BCUT2D eigenvalue weighted by Crippen LogP contribution is -2.10. The van der Waals surface area contributed by atoms with Gasteiger partial charge in [0.2, 0.25) is 11.6 Å². The van der Waals surface area contributed by atoms with Gasteiger partial charge in [-0.05, 0) is 23.5 Å². The summed E-state index contributed by atoms with van der Waals surface area (Å²) in [6.45, 7) is 12.0. The fraction of sp³-hybridized carbons (Fsp3) is 0.278. The lowest BCUT2D eigenvalue weighted by Gasteiger charge is -2.18. The number of nitrogens with one attached hydrogen (secondary N) is 1. The number of nitriles is 1. The number of rotatable bonds is 4. The van der Waals surface area contributed by atoms with Gasteiger partial charge >= 0.3 is 0 Å². The number of allylic oxidation sites excluding steroid dienone is 1. The molecule has 0 spiro atoms. The van der Waals surface area contributed by atoms with Gasteiger partial charge in [0.15, 0.2) is 0 Å². The van der Waals surface area contributed by atoms with Crippen molar-refractivity contribution in [2.24, 2.45) is 5.10 Å². The number of anilines is 1. The van der Waals surface area contributed by atoms with Gasteiger partial charge in [-0.25, -0.2) is 5.43 Å². The maximum Gasteiger partial charge on any atom is 0.252 e. The highest BCUT2D eigenvalue weighted by Gasteiger charge is 2.13. The number of oxazole rings is 1. The first-order valence-corrected chi connectivity index (χ1v) is 7.27. The maximum absolute atomic E-state index is 9.04. The second-order valence-corrected chi connectivity index (χ2v) is 6.33. The molecule has 23 heavy (non-hydrogen) atoms. The first-order valence-electron chi connectivity index (χ1n) is 7.27. The predicted molar refractivity (Wildman–Crippen MR) is 92.3 cm³/mol. The Hall–Kier alpha value is -2.87. The van der Waals surface area contributed by atoms with Crippen molar-refractivity contribution in [1.29, 1.82) is 5.26 Å². The molecule has 2 aromatic rings. The molecule has 0 aliphatic carbocycles. The minimum Gasteiger partial charge on any atom is -0.418 e. The average molecular weight is 308 g/mol. The smallest absolute Gasteiger partial charge is 0.252 e. The van der Waals surface area contributed by atoms with Gasteiger partial charge in [-0.3, -0.25) is 0 Å². The molecule has 118 valence electrons. The average Bonchev–Trinajstić information content (AvgIpc) is 2.90. The molecule has 1 aromatic carbocycles. The molecule has 0 atom stereocenters. The van der Waals surface area contributed by atoms with E-state index in [9.17, 15) is 0 Å². The quantitative estimate of drug-likeness (QED) is 0.674. The zero-order chi connectivity index (χ0) is 17.0. The molecule has 1 aromatic heterocycles. The highest BCUT2D eigenvalue weighted by molar-refractivity contribution is 5.80. The van der Waals surface area contributed by atoms with Crippen molar-refractivity contribution < 1.29 is 4.42 Å². The van der Waals surface area contributed by atoms with Crippen LogP contribution in [0.4, 0.5) is 5.88 Å². The van der Waals surface area contributed by atoms with Crippen LogP contribution < -0.4 is 5.43 Å². The SMILES string of the molecule is C=C(C)c1nc(C#N)c(NN=Cc2ccc(C(C)(C)C)cc2)o1. The van der Waals surface area contributed by atoms with Crippen molar-refractivity contribution in [2.45, 2.75) is 33.1 Å². The molecule has 0 bridgehead atoms. The fourth-order valence-electron chi connectivity index (χ4n) is 1.89. The molecule has 0 unspecified atom stereocenters. The molecular formula is C18H20N4O. The molecular weight excluding hydrogens is 288 g/mol. The van der Waals surface area contributed by atoms with E-state index in [1.165, 1.54) is 5.56 Å². The van der Waals surface area contributed by atoms with Crippen molar-refractivity contribution >= 4 is 17.7 Å². The summed E-state index contributed by atoms with van der Waals surface area (Å²) in [7, 11) is 0. The summed E-state index contributed by atoms with van der Waals surface area (Å²) in [4.78, 5) is 4.03. The summed E-state index contributed by atoms with van der Waals surface area (Å²) in [5.74, 6) is 0.543. The lowest BCUT2D eigenvalue weighted by molar-refractivity contribution is 0.554. The van der Waals surface area contributed by atoms with Gasteiger partial charge in [0.1, 0.15) is 6.07 Å². The van der Waals surface area contributed by atoms with Crippen molar-refractivity contribution in [1.82, 2.24) is 4.98 Å². The van der Waals surface area contributed by atoms with Gasteiger partial charge in [-0.15, -0.1) is 0 Å². The first kappa shape index (κ1) is 16.5. The lowest BCUT2D eigenvalue weighted by atomic mass is 9.87. The minimum absolute atomic E-state index is 0.119. The summed E-state index contributed by atoms with van der Waals surface area (Å²) in [6, 6.07) is 10.1. The zero-order valence-electron chi connectivity index (χ0n) is 13.8. The second-order valence-electron chi connectivity index (χ2n) is 6.33. The second kappa shape index (κ2) is 6.49. The molecule has 5 nitrogen and oxygen atoms in total. The van der Waals surface area contributed by atoms with Crippen LogP contribution in [0.15, 0.2) is 40.4 Å². The number of hydrogen-bond donors (Lipinski definition) is 1. The summed E-state index contributed by atoms with van der Waals surface area (Å²) in [5.41, 5.74) is 5.84. The molecule has 0 saturated carbocycles. The molecule has 2 rings (SSSR count). The predicted octanol–water partition coefficient (Wildman–Crippen LogP) is 4.32. The molecule has 0 radical (unpaired) electrons. The third kappa shape index (κ3) is 4.07. The van der Waals surface area contributed by atoms with E-state index in [4.69, 9.17) is 9.68 Å². The highest BCUT2D eigenvalue weighted by Crippen LogP contribution is 2.22. The van der Waals surface area contributed by atoms with E-state index in [1.807, 2.05) is 18.2 Å². The van der Waals surface area contributed by atoms with Gasteiger partial charge in [0, 0.05) is 5.57 Å².